The number of carbonyl (C=O) groups excluding carboxylic acids is 3. The Morgan fingerprint density at radius 3 is 2.41 bits per heavy atom. The molecule has 192 valence electrons. The number of benzene rings is 2. The van der Waals surface area contributed by atoms with Crippen LogP contribution in [0, 0.1) is 6.92 Å². The summed E-state index contributed by atoms with van der Waals surface area (Å²) >= 11 is 0. The molecule has 2 N–H and O–H groups in total. The molecule has 8 heteroatoms. The van der Waals surface area contributed by atoms with E-state index < -0.39 is 11.4 Å². The van der Waals surface area contributed by atoms with Gasteiger partial charge >= 0.3 is 0 Å². The van der Waals surface area contributed by atoms with Crippen molar-refractivity contribution in [1.29, 1.82) is 0 Å². The molecular weight excluding hydrogens is 466 g/mol. The van der Waals surface area contributed by atoms with Gasteiger partial charge in [-0.3, -0.25) is 14.4 Å². The maximum atomic E-state index is 13.8. The second kappa shape index (κ2) is 9.84. The monoisotopic (exact) mass is 499 g/mol. The first-order valence-electron chi connectivity index (χ1n) is 12.9. The van der Waals surface area contributed by atoms with Gasteiger partial charge in [0, 0.05) is 19.1 Å². The van der Waals surface area contributed by atoms with Gasteiger partial charge in [-0.25, -0.2) is 4.98 Å². The molecule has 1 saturated carbocycles. The minimum absolute atomic E-state index is 0.0149. The second-order valence-electron chi connectivity index (χ2n) is 10.3. The molecule has 1 atom stereocenters. The van der Waals surface area contributed by atoms with Crippen molar-refractivity contribution >= 4 is 17.7 Å². The lowest BCUT2D eigenvalue weighted by Crippen LogP contribution is -2.64. The number of rotatable bonds is 8. The minimum Gasteiger partial charge on any atom is -0.350 e. The van der Waals surface area contributed by atoms with E-state index in [0.29, 0.717) is 13.1 Å². The maximum absolute atomic E-state index is 13.8. The van der Waals surface area contributed by atoms with E-state index in [1.165, 1.54) is 11.9 Å². The zero-order valence-corrected chi connectivity index (χ0v) is 21.6. The van der Waals surface area contributed by atoms with Crippen LogP contribution in [0.1, 0.15) is 69.9 Å². The molecule has 1 aromatic heterocycles. The largest absolute Gasteiger partial charge is 0.350 e. The highest BCUT2D eigenvalue weighted by Crippen LogP contribution is 2.38. The van der Waals surface area contributed by atoms with Crippen molar-refractivity contribution in [3.05, 3.63) is 88.5 Å². The molecule has 3 amide bonds. The van der Waals surface area contributed by atoms with Gasteiger partial charge in [-0.2, -0.15) is 0 Å². The zero-order valence-electron chi connectivity index (χ0n) is 21.6. The van der Waals surface area contributed by atoms with E-state index in [1.807, 2.05) is 55.5 Å². The standard InChI is InChI=1S/C29H33N5O3/c1-4-20-8-10-21(11-9-20)15-30-26(35)24-25-27(36)34(23-12-13-23)29(3,17-33(25)18-32-24)28(37)31-16-22-7-5-6-19(2)14-22/h5-11,14,18,23H,4,12-13,15-17H2,1-3H3,(H,30,35)(H,31,37)/t29-/m1/s1. The average molecular weight is 500 g/mol. The van der Waals surface area contributed by atoms with E-state index in [4.69, 9.17) is 0 Å². The summed E-state index contributed by atoms with van der Waals surface area (Å²) in [4.78, 5) is 46.3. The summed E-state index contributed by atoms with van der Waals surface area (Å²) in [7, 11) is 0. The molecule has 0 spiro atoms. The summed E-state index contributed by atoms with van der Waals surface area (Å²) < 4.78 is 1.65. The van der Waals surface area contributed by atoms with Crippen LogP contribution >= 0.6 is 0 Å². The molecule has 0 saturated heterocycles. The highest BCUT2D eigenvalue weighted by atomic mass is 16.2. The van der Waals surface area contributed by atoms with E-state index in [-0.39, 0.29) is 35.8 Å². The number of nitrogens with zero attached hydrogens (tertiary/aromatic N) is 3. The van der Waals surface area contributed by atoms with Crippen LogP contribution in [0.4, 0.5) is 0 Å². The maximum Gasteiger partial charge on any atom is 0.274 e. The number of hydrogen-bond acceptors (Lipinski definition) is 4. The van der Waals surface area contributed by atoms with Crippen LogP contribution in [-0.2, 0) is 30.8 Å². The highest BCUT2D eigenvalue weighted by Gasteiger charge is 2.53. The van der Waals surface area contributed by atoms with Gasteiger partial charge in [0.2, 0.25) is 5.91 Å². The summed E-state index contributed by atoms with van der Waals surface area (Å²) in [5.41, 5.74) is 3.60. The third-order valence-corrected chi connectivity index (χ3v) is 7.31. The molecule has 2 aliphatic rings. The average Bonchev–Trinajstić information content (AvgIpc) is 3.63. The molecule has 0 unspecified atom stereocenters. The molecule has 1 aliphatic carbocycles. The van der Waals surface area contributed by atoms with Crippen molar-refractivity contribution in [3.8, 4) is 0 Å². The van der Waals surface area contributed by atoms with Crippen LogP contribution in [0.25, 0.3) is 0 Å². The number of fused-ring (bicyclic) bond motifs is 1. The number of hydrogen-bond donors (Lipinski definition) is 2. The molecule has 1 aliphatic heterocycles. The summed E-state index contributed by atoms with van der Waals surface area (Å²) in [6.07, 6.45) is 4.14. The zero-order chi connectivity index (χ0) is 26.2. The minimum atomic E-state index is -1.08. The quantitative estimate of drug-likeness (QED) is 0.497. The molecule has 8 nitrogen and oxygen atoms in total. The van der Waals surface area contributed by atoms with E-state index in [1.54, 1.807) is 16.4 Å². The molecular formula is C29H33N5O3. The topological polar surface area (TPSA) is 96.3 Å². The second-order valence-corrected chi connectivity index (χ2v) is 10.3. The van der Waals surface area contributed by atoms with Gasteiger partial charge in [0.25, 0.3) is 11.8 Å². The summed E-state index contributed by atoms with van der Waals surface area (Å²) in [5, 5.41) is 5.92. The first kappa shape index (κ1) is 24.7. The van der Waals surface area contributed by atoms with Crippen molar-refractivity contribution in [2.24, 2.45) is 0 Å². The number of amides is 3. The number of aromatic nitrogens is 2. The van der Waals surface area contributed by atoms with Crippen LogP contribution in [0.15, 0.2) is 54.9 Å². The lowest BCUT2D eigenvalue weighted by molar-refractivity contribution is -0.133. The van der Waals surface area contributed by atoms with Crippen molar-refractivity contribution in [1.82, 2.24) is 25.1 Å². The lowest BCUT2D eigenvalue weighted by atomic mass is 9.93. The van der Waals surface area contributed by atoms with Crippen LogP contribution in [-0.4, -0.2) is 43.8 Å². The van der Waals surface area contributed by atoms with Crippen LogP contribution in [0.3, 0.4) is 0 Å². The molecule has 0 bridgehead atoms. The van der Waals surface area contributed by atoms with Gasteiger partial charge in [0.1, 0.15) is 11.2 Å². The molecule has 2 heterocycles. The highest BCUT2D eigenvalue weighted by molar-refractivity contribution is 6.07. The number of carbonyl (C=O) groups is 3. The van der Waals surface area contributed by atoms with Gasteiger partial charge in [0.15, 0.2) is 5.69 Å². The Morgan fingerprint density at radius 1 is 1.03 bits per heavy atom. The first-order chi connectivity index (χ1) is 17.8. The summed E-state index contributed by atoms with van der Waals surface area (Å²) in [6.45, 7) is 6.87. The third kappa shape index (κ3) is 4.88. The lowest BCUT2D eigenvalue weighted by Gasteiger charge is -2.44. The van der Waals surface area contributed by atoms with Gasteiger partial charge in [0.05, 0.1) is 12.9 Å². The molecule has 0 radical (unpaired) electrons. The van der Waals surface area contributed by atoms with Crippen molar-refractivity contribution in [2.75, 3.05) is 0 Å². The molecule has 5 rings (SSSR count). The fourth-order valence-corrected chi connectivity index (χ4v) is 5.08. The molecule has 37 heavy (non-hydrogen) atoms. The number of imidazole rings is 1. The van der Waals surface area contributed by atoms with E-state index in [0.717, 1.165) is 36.0 Å². The van der Waals surface area contributed by atoms with Crippen molar-refractivity contribution in [2.45, 2.75) is 71.2 Å². The van der Waals surface area contributed by atoms with Crippen molar-refractivity contribution in [3.63, 3.8) is 0 Å². The van der Waals surface area contributed by atoms with Crippen LogP contribution in [0.2, 0.25) is 0 Å². The Kier molecular flexibility index (Phi) is 6.58. The fourth-order valence-electron chi connectivity index (χ4n) is 5.08. The van der Waals surface area contributed by atoms with Gasteiger partial charge < -0.3 is 20.1 Å². The number of aryl methyl sites for hydroxylation is 2. The fraction of sp³-hybridized carbons (Fsp3) is 0.379. The number of nitrogens with one attached hydrogen (secondary N) is 2. The predicted octanol–water partition coefficient (Wildman–Crippen LogP) is 3.38. The SMILES string of the molecule is CCc1ccc(CNC(=O)c2ncn3c2C(=O)N(C2CC2)[C@@](C)(C(=O)NCc2cccc(C)c2)C3)cc1. The third-order valence-electron chi connectivity index (χ3n) is 7.31. The Morgan fingerprint density at radius 2 is 1.73 bits per heavy atom. The summed E-state index contributed by atoms with van der Waals surface area (Å²) in [5.74, 6) is -0.933. The van der Waals surface area contributed by atoms with Gasteiger partial charge in [-0.1, -0.05) is 61.0 Å². The molecule has 3 aromatic rings. The Labute approximate surface area is 217 Å². The van der Waals surface area contributed by atoms with E-state index in [2.05, 4.69) is 22.5 Å². The summed E-state index contributed by atoms with van der Waals surface area (Å²) in [6, 6.07) is 16.0. The normalized spacial score (nSPS) is 18.9. The molecule has 1 fully saturated rings. The Balaban J connectivity index is 1.34. The van der Waals surface area contributed by atoms with Gasteiger partial charge in [-0.15, -0.1) is 0 Å². The smallest absolute Gasteiger partial charge is 0.274 e. The van der Waals surface area contributed by atoms with E-state index in [9.17, 15) is 14.4 Å². The van der Waals surface area contributed by atoms with Crippen LogP contribution in [0.5, 0.6) is 0 Å². The Bertz CT molecular complexity index is 1340. The van der Waals surface area contributed by atoms with Gasteiger partial charge in [-0.05, 0) is 49.8 Å². The van der Waals surface area contributed by atoms with Crippen molar-refractivity contribution < 1.29 is 14.4 Å². The Hall–Kier alpha value is -3.94. The van der Waals surface area contributed by atoms with Crippen LogP contribution < -0.4 is 10.6 Å². The predicted molar refractivity (Wildman–Crippen MR) is 140 cm³/mol. The molecule has 2 aromatic carbocycles. The van der Waals surface area contributed by atoms with E-state index >= 15 is 0 Å². The first-order valence-corrected chi connectivity index (χ1v) is 12.9.